The normalized spacial score (nSPS) is 22.2. The molecule has 1 aromatic carbocycles. The summed E-state index contributed by atoms with van der Waals surface area (Å²) in [6, 6.07) is 9.47. The van der Waals surface area contributed by atoms with Crippen molar-refractivity contribution in [2.75, 3.05) is 13.1 Å². The molecule has 1 saturated heterocycles. The van der Waals surface area contributed by atoms with Gasteiger partial charge in [0, 0.05) is 23.1 Å². The van der Waals surface area contributed by atoms with Gasteiger partial charge in [-0.2, -0.15) is 0 Å². The molecule has 2 nitrogen and oxygen atoms in total. The van der Waals surface area contributed by atoms with Gasteiger partial charge >= 0.3 is 0 Å². The minimum absolute atomic E-state index is 0.401. The maximum atomic E-state index is 3.59. The van der Waals surface area contributed by atoms with Gasteiger partial charge < -0.3 is 10.6 Å². The van der Waals surface area contributed by atoms with Crippen molar-refractivity contribution in [2.24, 2.45) is 0 Å². The molecule has 0 bridgehead atoms. The van der Waals surface area contributed by atoms with E-state index >= 15 is 0 Å². The van der Waals surface area contributed by atoms with Crippen molar-refractivity contribution in [1.29, 1.82) is 0 Å². The van der Waals surface area contributed by atoms with Crippen LogP contribution in [0.5, 0.6) is 0 Å². The van der Waals surface area contributed by atoms with Crippen molar-refractivity contribution in [2.45, 2.75) is 31.8 Å². The molecule has 2 rings (SSSR count). The first-order chi connectivity index (χ1) is 7.77. The highest BCUT2D eigenvalue weighted by molar-refractivity contribution is 9.10. The highest BCUT2D eigenvalue weighted by Crippen LogP contribution is 2.22. The zero-order valence-electron chi connectivity index (χ0n) is 9.67. The molecule has 16 heavy (non-hydrogen) atoms. The maximum Gasteiger partial charge on any atom is 0.0303 e. The van der Waals surface area contributed by atoms with Crippen LogP contribution in [-0.4, -0.2) is 19.1 Å². The lowest BCUT2D eigenvalue weighted by Gasteiger charge is -2.18. The molecule has 1 aliphatic rings. The fourth-order valence-electron chi connectivity index (χ4n) is 2.19. The van der Waals surface area contributed by atoms with E-state index in [-0.39, 0.29) is 0 Å². The first-order valence-electron chi connectivity index (χ1n) is 5.98. The van der Waals surface area contributed by atoms with Crippen LogP contribution in [0.2, 0.25) is 0 Å². The zero-order chi connectivity index (χ0) is 11.4. The molecule has 2 N–H and O–H groups in total. The SMILES string of the molecule is CC(NCC1CCCN1)c1ccccc1Br. The summed E-state index contributed by atoms with van der Waals surface area (Å²) < 4.78 is 1.19. The van der Waals surface area contributed by atoms with Gasteiger partial charge in [-0.1, -0.05) is 34.1 Å². The second kappa shape index (κ2) is 5.80. The summed E-state index contributed by atoms with van der Waals surface area (Å²) in [6.07, 6.45) is 2.62. The lowest BCUT2D eigenvalue weighted by Crippen LogP contribution is -2.35. The predicted octanol–water partition coefficient (Wildman–Crippen LogP) is 2.85. The van der Waals surface area contributed by atoms with Crippen molar-refractivity contribution in [3.8, 4) is 0 Å². The van der Waals surface area contributed by atoms with Crippen molar-refractivity contribution in [3.63, 3.8) is 0 Å². The van der Waals surface area contributed by atoms with Gasteiger partial charge in [0.25, 0.3) is 0 Å². The smallest absolute Gasteiger partial charge is 0.0303 e. The molecule has 1 aromatic rings. The molecule has 0 spiro atoms. The third-order valence-corrected chi connectivity index (χ3v) is 3.93. The van der Waals surface area contributed by atoms with Crippen LogP contribution in [-0.2, 0) is 0 Å². The van der Waals surface area contributed by atoms with Crippen LogP contribution in [0.25, 0.3) is 0 Å². The van der Waals surface area contributed by atoms with E-state index in [0.29, 0.717) is 12.1 Å². The van der Waals surface area contributed by atoms with E-state index in [1.54, 1.807) is 0 Å². The highest BCUT2D eigenvalue weighted by atomic mass is 79.9. The minimum atomic E-state index is 0.401. The van der Waals surface area contributed by atoms with Gasteiger partial charge in [-0.25, -0.2) is 0 Å². The Hall–Kier alpha value is -0.380. The van der Waals surface area contributed by atoms with Gasteiger partial charge in [0.1, 0.15) is 0 Å². The fraction of sp³-hybridized carbons (Fsp3) is 0.538. The van der Waals surface area contributed by atoms with Crippen LogP contribution in [0.3, 0.4) is 0 Å². The van der Waals surface area contributed by atoms with Crippen molar-refractivity contribution in [1.82, 2.24) is 10.6 Å². The monoisotopic (exact) mass is 282 g/mol. The fourth-order valence-corrected chi connectivity index (χ4v) is 2.81. The van der Waals surface area contributed by atoms with E-state index in [1.165, 1.54) is 29.4 Å². The Bertz CT molecular complexity index is 334. The van der Waals surface area contributed by atoms with Gasteiger partial charge in [0.05, 0.1) is 0 Å². The molecule has 2 unspecified atom stereocenters. The van der Waals surface area contributed by atoms with Crippen LogP contribution < -0.4 is 10.6 Å². The van der Waals surface area contributed by atoms with Gasteiger partial charge in [-0.15, -0.1) is 0 Å². The Labute approximate surface area is 106 Å². The number of halogens is 1. The topological polar surface area (TPSA) is 24.1 Å². The van der Waals surface area contributed by atoms with Gasteiger partial charge in [-0.05, 0) is 37.9 Å². The predicted molar refractivity (Wildman–Crippen MR) is 71.6 cm³/mol. The quantitative estimate of drug-likeness (QED) is 0.888. The summed E-state index contributed by atoms with van der Waals surface area (Å²) in [6.45, 7) is 4.45. The third-order valence-electron chi connectivity index (χ3n) is 3.20. The number of hydrogen-bond donors (Lipinski definition) is 2. The summed E-state index contributed by atoms with van der Waals surface area (Å²) in [5.74, 6) is 0. The van der Waals surface area contributed by atoms with Crippen molar-refractivity contribution < 1.29 is 0 Å². The lowest BCUT2D eigenvalue weighted by molar-refractivity contribution is 0.489. The minimum Gasteiger partial charge on any atom is -0.313 e. The van der Waals surface area contributed by atoms with Crippen LogP contribution in [0.1, 0.15) is 31.4 Å². The largest absolute Gasteiger partial charge is 0.313 e. The maximum absolute atomic E-state index is 3.59. The summed E-state index contributed by atoms with van der Waals surface area (Å²) in [5, 5.41) is 7.09. The number of rotatable bonds is 4. The van der Waals surface area contributed by atoms with Crippen molar-refractivity contribution in [3.05, 3.63) is 34.3 Å². The number of hydrogen-bond acceptors (Lipinski definition) is 2. The highest BCUT2D eigenvalue weighted by Gasteiger charge is 2.15. The standard InChI is InChI=1S/C13H19BrN2/c1-10(12-6-2-3-7-13(12)14)16-9-11-5-4-8-15-11/h2-3,6-7,10-11,15-16H,4-5,8-9H2,1H3. The molecule has 0 amide bonds. The van der Waals surface area contributed by atoms with Crippen LogP contribution in [0.15, 0.2) is 28.7 Å². The molecule has 88 valence electrons. The van der Waals surface area contributed by atoms with E-state index in [2.05, 4.69) is 57.8 Å². The summed E-state index contributed by atoms with van der Waals surface area (Å²) in [5.41, 5.74) is 1.33. The van der Waals surface area contributed by atoms with Gasteiger partial charge in [-0.3, -0.25) is 0 Å². The Morgan fingerprint density at radius 2 is 2.31 bits per heavy atom. The summed E-state index contributed by atoms with van der Waals surface area (Å²) >= 11 is 3.59. The second-order valence-corrected chi connectivity index (χ2v) is 5.30. The number of nitrogens with one attached hydrogen (secondary N) is 2. The molecule has 3 heteroatoms. The molecule has 0 radical (unpaired) electrons. The van der Waals surface area contributed by atoms with Crippen LogP contribution >= 0.6 is 15.9 Å². The second-order valence-electron chi connectivity index (χ2n) is 4.44. The molecule has 0 saturated carbocycles. The van der Waals surface area contributed by atoms with E-state index in [1.807, 2.05) is 0 Å². The first kappa shape index (κ1) is 12.1. The molecule has 1 aliphatic heterocycles. The van der Waals surface area contributed by atoms with E-state index in [9.17, 15) is 0 Å². The molecule has 2 atom stereocenters. The average molecular weight is 283 g/mol. The Balaban J connectivity index is 1.87. The lowest BCUT2D eigenvalue weighted by atomic mass is 10.1. The molecule has 1 heterocycles. The van der Waals surface area contributed by atoms with Gasteiger partial charge in [0.15, 0.2) is 0 Å². The van der Waals surface area contributed by atoms with E-state index in [4.69, 9.17) is 0 Å². The molecule has 1 fully saturated rings. The summed E-state index contributed by atoms with van der Waals surface area (Å²) in [4.78, 5) is 0. The van der Waals surface area contributed by atoms with E-state index < -0.39 is 0 Å². The Morgan fingerprint density at radius 1 is 1.50 bits per heavy atom. The van der Waals surface area contributed by atoms with E-state index in [0.717, 1.165) is 6.54 Å². The summed E-state index contributed by atoms with van der Waals surface area (Å²) in [7, 11) is 0. The van der Waals surface area contributed by atoms with Crippen LogP contribution in [0, 0.1) is 0 Å². The molecular weight excluding hydrogens is 264 g/mol. The Morgan fingerprint density at radius 3 is 3.00 bits per heavy atom. The first-order valence-corrected chi connectivity index (χ1v) is 6.78. The molecule has 0 aromatic heterocycles. The molecule has 0 aliphatic carbocycles. The van der Waals surface area contributed by atoms with Crippen LogP contribution in [0.4, 0.5) is 0 Å². The zero-order valence-corrected chi connectivity index (χ0v) is 11.3. The Kier molecular flexibility index (Phi) is 4.38. The average Bonchev–Trinajstić information content (AvgIpc) is 2.79. The third kappa shape index (κ3) is 3.06. The van der Waals surface area contributed by atoms with Gasteiger partial charge in [0.2, 0.25) is 0 Å². The number of benzene rings is 1. The molecular formula is C13H19BrN2. The van der Waals surface area contributed by atoms with Crippen molar-refractivity contribution >= 4 is 15.9 Å².